The van der Waals surface area contributed by atoms with Gasteiger partial charge in [0.05, 0.1) is 6.10 Å². The number of hydrogen-bond acceptors (Lipinski definition) is 2. The second kappa shape index (κ2) is 8.98. The van der Waals surface area contributed by atoms with Gasteiger partial charge in [-0.15, -0.1) is 0 Å². The Hall–Kier alpha value is -1.02. The average Bonchev–Trinajstić information content (AvgIpc) is 2.38. The van der Waals surface area contributed by atoms with Gasteiger partial charge in [0.1, 0.15) is 0 Å². The Bertz CT molecular complexity index is 323. The van der Waals surface area contributed by atoms with Crippen LogP contribution in [0.3, 0.4) is 0 Å². The molecule has 1 aromatic rings. The van der Waals surface area contributed by atoms with E-state index in [4.69, 9.17) is 0 Å². The van der Waals surface area contributed by atoms with Crippen molar-refractivity contribution in [2.75, 3.05) is 11.9 Å². The summed E-state index contributed by atoms with van der Waals surface area (Å²) in [6.07, 6.45) is 7.46. The Kier molecular flexibility index (Phi) is 7.51. The number of aliphatic hydroxyl groups is 1. The summed E-state index contributed by atoms with van der Waals surface area (Å²) in [6, 6.07) is 8.00. The van der Waals surface area contributed by atoms with Crippen LogP contribution in [0.25, 0.3) is 0 Å². The van der Waals surface area contributed by atoms with Gasteiger partial charge >= 0.3 is 0 Å². The minimum Gasteiger partial charge on any atom is -0.389 e. The van der Waals surface area contributed by atoms with Crippen LogP contribution in [0.4, 0.5) is 5.69 Å². The molecule has 0 heterocycles. The summed E-state index contributed by atoms with van der Waals surface area (Å²) in [5.74, 6) is 0. The minimum absolute atomic E-state index is 0.404. The van der Waals surface area contributed by atoms with Gasteiger partial charge in [0.25, 0.3) is 0 Å². The maximum Gasteiger partial charge on any atom is 0.0781 e. The average molecular weight is 249 g/mol. The minimum atomic E-state index is -0.404. The molecule has 0 amide bonds. The van der Waals surface area contributed by atoms with Crippen LogP contribution >= 0.6 is 0 Å². The SMILES string of the molecule is CCCCCCCCNc1ccccc1C(C)O. The first-order valence-electron chi connectivity index (χ1n) is 7.26. The Balaban J connectivity index is 2.23. The Morgan fingerprint density at radius 3 is 2.44 bits per heavy atom. The third-order valence-electron chi connectivity index (χ3n) is 3.26. The highest BCUT2D eigenvalue weighted by Crippen LogP contribution is 2.22. The van der Waals surface area contributed by atoms with Crippen LogP contribution in [0, 0.1) is 0 Å². The zero-order chi connectivity index (χ0) is 13.2. The van der Waals surface area contributed by atoms with E-state index < -0.39 is 6.10 Å². The van der Waals surface area contributed by atoms with Crippen LogP contribution < -0.4 is 5.32 Å². The van der Waals surface area contributed by atoms with E-state index in [1.165, 1.54) is 38.5 Å². The molecule has 0 aliphatic carbocycles. The monoisotopic (exact) mass is 249 g/mol. The van der Waals surface area contributed by atoms with E-state index in [-0.39, 0.29) is 0 Å². The smallest absolute Gasteiger partial charge is 0.0781 e. The number of aliphatic hydroxyl groups excluding tert-OH is 1. The predicted octanol–water partition coefficient (Wildman–Crippen LogP) is 4.51. The first kappa shape index (κ1) is 15.0. The van der Waals surface area contributed by atoms with Gasteiger partial charge in [-0.3, -0.25) is 0 Å². The predicted molar refractivity (Wildman–Crippen MR) is 78.9 cm³/mol. The molecule has 0 saturated carbocycles. The van der Waals surface area contributed by atoms with Crippen LogP contribution in [0.2, 0.25) is 0 Å². The van der Waals surface area contributed by atoms with Gasteiger partial charge in [-0.1, -0.05) is 57.2 Å². The van der Waals surface area contributed by atoms with Crippen LogP contribution in [-0.4, -0.2) is 11.7 Å². The maximum absolute atomic E-state index is 9.66. The van der Waals surface area contributed by atoms with E-state index in [1.807, 2.05) is 31.2 Å². The molecular weight excluding hydrogens is 222 g/mol. The first-order valence-corrected chi connectivity index (χ1v) is 7.26. The largest absolute Gasteiger partial charge is 0.389 e. The third kappa shape index (κ3) is 5.54. The Labute approximate surface area is 111 Å². The number of nitrogens with one attached hydrogen (secondary N) is 1. The maximum atomic E-state index is 9.66. The fourth-order valence-electron chi connectivity index (χ4n) is 2.15. The second-order valence-electron chi connectivity index (χ2n) is 4.96. The summed E-state index contributed by atoms with van der Waals surface area (Å²) in [5.41, 5.74) is 2.06. The van der Waals surface area contributed by atoms with Crippen molar-refractivity contribution >= 4 is 5.69 Å². The van der Waals surface area contributed by atoms with Crippen molar-refractivity contribution in [1.29, 1.82) is 0 Å². The van der Waals surface area contributed by atoms with Gasteiger partial charge in [0.2, 0.25) is 0 Å². The number of unbranched alkanes of at least 4 members (excludes halogenated alkanes) is 5. The highest BCUT2D eigenvalue weighted by Gasteiger charge is 2.05. The molecule has 0 aliphatic heterocycles. The number of benzene rings is 1. The summed E-state index contributed by atoms with van der Waals surface area (Å²) in [5, 5.41) is 13.1. The standard InChI is InChI=1S/C16H27NO/c1-3-4-5-6-7-10-13-17-16-12-9-8-11-15(16)14(2)18/h8-9,11-12,14,17-18H,3-7,10,13H2,1-2H3. The number of rotatable bonds is 9. The van der Waals surface area contributed by atoms with E-state index in [2.05, 4.69) is 12.2 Å². The molecule has 1 rings (SSSR count). The molecule has 18 heavy (non-hydrogen) atoms. The second-order valence-corrected chi connectivity index (χ2v) is 4.96. The third-order valence-corrected chi connectivity index (χ3v) is 3.26. The molecule has 0 spiro atoms. The molecule has 0 aromatic heterocycles. The van der Waals surface area contributed by atoms with Crippen LogP contribution in [0.1, 0.15) is 64.0 Å². The fourth-order valence-corrected chi connectivity index (χ4v) is 2.15. The Morgan fingerprint density at radius 1 is 1.06 bits per heavy atom. The fraction of sp³-hybridized carbons (Fsp3) is 0.625. The van der Waals surface area contributed by atoms with Crippen molar-refractivity contribution < 1.29 is 5.11 Å². The summed E-state index contributed by atoms with van der Waals surface area (Å²) >= 11 is 0. The molecule has 1 unspecified atom stereocenters. The van der Waals surface area contributed by atoms with Gasteiger partial charge < -0.3 is 10.4 Å². The molecule has 0 saturated heterocycles. The van der Waals surface area contributed by atoms with Crippen LogP contribution in [0.5, 0.6) is 0 Å². The lowest BCUT2D eigenvalue weighted by molar-refractivity contribution is 0.200. The molecule has 1 aromatic carbocycles. The quantitative estimate of drug-likeness (QED) is 0.631. The molecule has 2 heteroatoms. The molecule has 2 N–H and O–H groups in total. The molecule has 0 aliphatic rings. The molecule has 102 valence electrons. The molecule has 0 radical (unpaired) electrons. The molecule has 2 nitrogen and oxygen atoms in total. The number of para-hydroxylation sites is 1. The van der Waals surface area contributed by atoms with Gasteiger partial charge in [-0.2, -0.15) is 0 Å². The van der Waals surface area contributed by atoms with Crippen molar-refractivity contribution in [3.63, 3.8) is 0 Å². The molecular formula is C16H27NO. The van der Waals surface area contributed by atoms with Crippen molar-refractivity contribution in [3.05, 3.63) is 29.8 Å². The summed E-state index contributed by atoms with van der Waals surface area (Å²) < 4.78 is 0. The van der Waals surface area contributed by atoms with E-state index >= 15 is 0 Å². The number of anilines is 1. The topological polar surface area (TPSA) is 32.3 Å². The van der Waals surface area contributed by atoms with Gasteiger partial charge in [-0.25, -0.2) is 0 Å². The van der Waals surface area contributed by atoms with E-state index in [0.717, 1.165) is 17.8 Å². The highest BCUT2D eigenvalue weighted by molar-refractivity contribution is 5.51. The van der Waals surface area contributed by atoms with Gasteiger partial charge in [0, 0.05) is 17.8 Å². The summed E-state index contributed by atoms with van der Waals surface area (Å²) in [7, 11) is 0. The van der Waals surface area contributed by atoms with E-state index in [1.54, 1.807) is 0 Å². The normalized spacial score (nSPS) is 12.4. The molecule has 0 bridgehead atoms. The highest BCUT2D eigenvalue weighted by atomic mass is 16.3. The van der Waals surface area contributed by atoms with Gasteiger partial charge in [-0.05, 0) is 19.4 Å². The zero-order valence-corrected chi connectivity index (χ0v) is 11.8. The summed E-state index contributed by atoms with van der Waals surface area (Å²) in [4.78, 5) is 0. The summed E-state index contributed by atoms with van der Waals surface area (Å²) in [6.45, 7) is 5.05. The zero-order valence-electron chi connectivity index (χ0n) is 11.8. The number of hydrogen-bond donors (Lipinski definition) is 2. The lowest BCUT2D eigenvalue weighted by Crippen LogP contribution is -2.05. The lowest BCUT2D eigenvalue weighted by atomic mass is 10.1. The van der Waals surface area contributed by atoms with Crippen molar-refractivity contribution in [1.82, 2.24) is 0 Å². The van der Waals surface area contributed by atoms with E-state index in [9.17, 15) is 5.11 Å². The van der Waals surface area contributed by atoms with Gasteiger partial charge in [0.15, 0.2) is 0 Å². The van der Waals surface area contributed by atoms with E-state index in [0.29, 0.717) is 0 Å². The molecule has 0 fully saturated rings. The Morgan fingerprint density at radius 2 is 1.72 bits per heavy atom. The van der Waals surface area contributed by atoms with Crippen LogP contribution in [-0.2, 0) is 0 Å². The lowest BCUT2D eigenvalue weighted by Gasteiger charge is -2.13. The van der Waals surface area contributed by atoms with Crippen LogP contribution in [0.15, 0.2) is 24.3 Å². The first-order chi connectivity index (χ1) is 8.75. The molecule has 1 atom stereocenters. The van der Waals surface area contributed by atoms with Crippen molar-refractivity contribution in [3.8, 4) is 0 Å². The van der Waals surface area contributed by atoms with Crippen molar-refractivity contribution in [2.45, 2.75) is 58.5 Å². The van der Waals surface area contributed by atoms with Crippen molar-refractivity contribution in [2.24, 2.45) is 0 Å².